The Balaban J connectivity index is 1.70. The molecule has 1 amide bonds. The molecule has 2 aliphatic rings. The van der Waals surface area contributed by atoms with Gasteiger partial charge < -0.3 is 4.90 Å². The Labute approximate surface area is 113 Å². The third-order valence-corrected chi connectivity index (χ3v) is 6.27. The summed E-state index contributed by atoms with van der Waals surface area (Å²) in [5, 5.41) is -0.320. The van der Waals surface area contributed by atoms with Gasteiger partial charge in [-0.25, -0.2) is 8.42 Å². The molecule has 0 N–H and O–H groups in total. The maximum Gasteiger partial charge on any atom is 0.227 e. The summed E-state index contributed by atoms with van der Waals surface area (Å²) in [6, 6.07) is 7.79. The van der Waals surface area contributed by atoms with Crippen LogP contribution >= 0.6 is 0 Å². The molecule has 0 aliphatic carbocycles. The number of carbonyl (C=O) groups is 1. The van der Waals surface area contributed by atoms with Crippen LogP contribution < -0.4 is 0 Å². The van der Waals surface area contributed by atoms with E-state index in [1.165, 1.54) is 0 Å². The summed E-state index contributed by atoms with van der Waals surface area (Å²) in [6.07, 6.45) is 0.993. The normalized spacial score (nSPS) is 27.7. The van der Waals surface area contributed by atoms with Crippen LogP contribution in [0.3, 0.4) is 0 Å². The summed E-state index contributed by atoms with van der Waals surface area (Å²) in [5.74, 6) is 0.199. The highest BCUT2D eigenvalue weighted by molar-refractivity contribution is 7.92. The van der Waals surface area contributed by atoms with Gasteiger partial charge in [-0.05, 0) is 18.9 Å². The average molecular weight is 279 g/mol. The molecule has 102 valence electrons. The molecule has 0 radical (unpaired) electrons. The number of nitrogens with zero attached hydrogens (tertiary/aromatic N) is 1. The van der Waals surface area contributed by atoms with Gasteiger partial charge in [-0.3, -0.25) is 4.79 Å². The van der Waals surface area contributed by atoms with E-state index in [0.29, 0.717) is 19.4 Å². The molecule has 2 fully saturated rings. The topological polar surface area (TPSA) is 54.5 Å². The number of fused-ring (bicyclic) bond motifs is 2. The minimum Gasteiger partial charge on any atom is -0.337 e. The van der Waals surface area contributed by atoms with Gasteiger partial charge >= 0.3 is 0 Å². The standard InChI is InChI=1S/C14H17NO3S/c1-10-3-2-4-11(5-10)6-14(16)15-8-13-7-12(15)9-19(13,17)18/h2-5,12-13H,6-9H2,1H3. The van der Waals surface area contributed by atoms with Gasteiger partial charge in [-0.1, -0.05) is 29.8 Å². The molecule has 1 aromatic rings. The van der Waals surface area contributed by atoms with Crippen molar-refractivity contribution in [2.45, 2.75) is 31.1 Å². The van der Waals surface area contributed by atoms with Crippen molar-refractivity contribution in [3.63, 3.8) is 0 Å². The number of aryl methyl sites for hydroxylation is 1. The van der Waals surface area contributed by atoms with Gasteiger partial charge in [0.15, 0.2) is 9.84 Å². The molecular weight excluding hydrogens is 262 g/mol. The Morgan fingerprint density at radius 1 is 1.42 bits per heavy atom. The van der Waals surface area contributed by atoms with Gasteiger partial charge in [-0.15, -0.1) is 0 Å². The van der Waals surface area contributed by atoms with Crippen LogP contribution in [0.15, 0.2) is 24.3 Å². The van der Waals surface area contributed by atoms with Gasteiger partial charge in [0.2, 0.25) is 5.91 Å². The Hall–Kier alpha value is -1.36. The van der Waals surface area contributed by atoms with Crippen molar-refractivity contribution in [2.24, 2.45) is 0 Å². The van der Waals surface area contributed by atoms with Crippen molar-refractivity contribution in [3.05, 3.63) is 35.4 Å². The average Bonchev–Trinajstić information content (AvgIpc) is 2.84. The molecule has 2 unspecified atom stereocenters. The molecule has 19 heavy (non-hydrogen) atoms. The molecule has 2 bridgehead atoms. The van der Waals surface area contributed by atoms with Crippen LogP contribution in [0.1, 0.15) is 17.5 Å². The monoisotopic (exact) mass is 279 g/mol. The lowest BCUT2D eigenvalue weighted by atomic mass is 10.1. The number of rotatable bonds is 2. The molecule has 4 nitrogen and oxygen atoms in total. The van der Waals surface area contributed by atoms with Gasteiger partial charge in [0.25, 0.3) is 0 Å². The minimum absolute atomic E-state index is 0.0491. The quantitative estimate of drug-likeness (QED) is 0.809. The molecule has 2 aliphatic heterocycles. The maximum atomic E-state index is 12.3. The third kappa shape index (κ3) is 2.27. The van der Waals surface area contributed by atoms with Gasteiger partial charge in [0, 0.05) is 12.6 Å². The van der Waals surface area contributed by atoms with Gasteiger partial charge in [0.1, 0.15) is 0 Å². The van der Waals surface area contributed by atoms with E-state index in [0.717, 1.165) is 11.1 Å². The smallest absolute Gasteiger partial charge is 0.227 e. The van der Waals surface area contributed by atoms with E-state index in [1.807, 2.05) is 31.2 Å². The third-order valence-electron chi connectivity index (χ3n) is 4.07. The molecule has 2 atom stereocenters. The fourth-order valence-electron chi connectivity index (χ4n) is 3.10. The Morgan fingerprint density at radius 3 is 2.79 bits per heavy atom. The van der Waals surface area contributed by atoms with Crippen LogP contribution in [0.2, 0.25) is 0 Å². The molecule has 2 heterocycles. The second-order valence-corrected chi connectivity index (χ2v) is 7.88. The SMILES string of the molecule is Cc1cccc(CC(=O)N2CC3CC2CS3(=O)=O)c1. The fraction of sp³-hybridized carbons (Fsp3) is 0.500. The number of amides is 1. The van der Waals surface area contributed by atoms with E-state index in [2.05, 4.69) is 0 Å². The van der Waals surface area contributed by atoms with Crippen LogP contribution in [0, 0.1) is 6.92 Å². The number of hydrogen-bond acceptors (Lipinski definition) is 3. The number of sulfone groups is 1. The number of hydrogen-bond donors (Lipinski definition) is 0. The predicted molar refractivity (Wildman–Crippen MR) is 72.6 cm³/mol. The molecular formula is C14H17NO3S. The highest BCUT2D eigenvalue weighted by atomic mass is 32.2. The molecule has 0 saturated carbocycles. The Kier molecular flexibility index (Phi) is 2.89. The van der Waals surface area contributed by atoms with Crippen LogP contribution in [0.25, 0.3) is 0 Å². The highest BCUT2D eigenvalue weighted by Crippen LogP contribution is 2.33. The molecule has 1 aromatic carbocycles. The lowest BCUT2D eigenvalue weighted by molar-refractivity contribution is -0.131. The van der Waals surface area contributed by atoms with Crippen molar-refractivity contribution >= 4 is 15.7 Å². The summed E-state index contributed by atoms with van der Waals surface area (Å²) in [4.78, 5) is 14.0. The summed E-state index contributed by atoms with van der Waals surface area (Å²) in [5.41, 5.74) is 2.13. The second-order valence-electron chi connectivity index (χ2n) is 5.55. The van der Waals surface area contributed by atoms with E-state index in [-0.39, 0.29) is 23.0 Å². The molecule has 2 saturated heterocycles. The summed E-state index contributed by atoms with van der Waals surface area (Å²) in [7, 11) is -2.93. The van der Waals surface area contributed by atoms with Crippen LogP contribution in [-0.4, -0.2) is 42.8 Å². The van der Waals surface area contributed by atoms with Crippen LogP contribution in [-0.2, 0) is 21.1 Å². The Morgan fingerprint density at radius 2 is 2.21 bits per heavy atom. The fourth-order valence-corrected chi connectivity index (χ4v) is 5.13. The van der Waals surface area contributed by atoms with Crippen LogP contribution in [0.4, 0.5) is 0 Å². The zero-order chi connectivity index (χ0) is 13.6. The summed E-state index contributed by atoms with van der Waals surface area (Å²) >= 11 is 0. The van der Waals surface area contributed by atoms with Crippen molar-refractivity contribution < 1.29 is 13.2 Å². The molecule has 5 heteroatoms. The molecule has 0 aromatic heterocycles. The minimum atomic E-state index is -2.93. The number of benzene rings is 1. The van der Waals surface area contributed by atoms with Crippen molar-refractivity contribution in [1.82, 2.24) is 4.90 Å². The first kappa shape index (κ1) is 12.7. The van der Waals surface area contributed by atoms with Crippen molar-refractivity contribution in [2.75, 3.05) is 12.3 Å². The van der Waals surface area contributed by atoms with Crippen LogP contribution in [0.5, 0.6) is 0 Å². The zero-order valence-electron chi connectivity index (χ0n) is 10.9. The first-order valence-electron chi connectivity index (χ1n) is 6.52. The van der Waals surface area contributed by atoms with E-state index < -0.39 is 9.84 Å². The summed E-state index contributed by atoms with van der Waals surface area (Å²) in [6.45, 7) is 2.38. The number of carbonyl (C=O) groups excluding carboxylic acids is 1. The number of likely N-dealkylation sites (tertiary alicyclic amines) is 1. The maximum absolute atomic E-state index is 12.3. The van der Waals surface area contributed by atoms with Gasteiger partial charge in [-0.2, -0.15) is 0 Å². The largest absolute Gasteiger partial charge is 0.337 e. The predicted octanol–water partition coefficient (Wildman–Crippen LogP) is 0.935. The van der Waals surface area contributed by atoms with Gasteiger partial charge in [0.05, 0.1) is 17.4 Å². The van der Waals surface area contributed by atoms with E-state index >= 15 is 0 Å². The van der Waals surface area contributed by atoms with E-state index in [4.69, 9.17) is 0 Å². The first-order valence-corrected chi connectivity index (χ1v) is 8.24. The molecule has 3 rings (SSSR count). The van der Waals surface area contributed by atoms with E-state index in [9.17, 15) is 13.2 Å². The summed E-state index contributed by atoms with van der Waals surface area (Å²) < 4.78 is 23.3. The lowest BCUT2D eigenvalue weighted by Gasteiger charge is -2.27. The van der Waals surface area contributed by atoms with Crippen molar-refractivity contribution in [3.8, 4) is 0 Å². The highest BCUT2D eigenvalue weighted by Gasteiger charge is 2.49. The van der Waals surface area contributed by atoms with E-state index in [1.54, 1.807) is 4.90 Å². The molecule has 0 spiro atoms. The van der Waals surface area contributed by atoms with Crippen molar-refractivity contribution in [1.29, 1.82) is 0 Å². The second kappa shape index (κ2) is 4.34. The Bertz CT molecular complexity index is 623. The lowest BCUT2D eigenvalue weighted by Crippen LogP contribution is -2.44. The first-order chi connectivity index (χ1) is 8.95. The zero-order valence-corrected chi connectivity index (χ0v) is 11.7.